The maximum absolute atomic E-state index is 13.2. The lowest BCUT2D eigenvalue weighted by molar-refractivity contribution is 0.0962. The summed E-state index contributed by atoms with van der Waals surface area (Å²) >= 11 is 0. The summed E-state index contributed by atoms with van der Waals surface area (Å²) in [4.78, 5) is 15.6. The van der Waals surface area contributed by atoms with Gasteiger partial charge >= 0.3 is 0 Å². The normalized spacial score (nSPS) is 15.2. The molecule has 1 aliphatic heterocycles. The molecule has 0 amide bonds. The van der Waals surface area contributed by atoms with Gasteiger partial charge < -0.3 is 4.90 Å². The molecule has 0 aliphatic carbocycles. The second-order valence-corrected chi connectivity index (χ2v) is 6.79. The molecule has 0 radical (unpaired) electrons. The van der Waals surface area contributed by atoms with Gasteiger partial charge in [0.25, 0.3) is 5.91 Å². The molecule has 1 aliphatic rings. The van der Waals surface area contributed by atoms with Crippen molar-refractivity contribution in [1.82, 2.24) is 9.47 Å². The van der Waals surface area contributed by atoms with Gasteiger partial charge in [0.1, 0.15) is 0 Å². The smallest absolute Gasteiger partial charge is 0.262 e. The van der Waals surface area contributed by atoms with Crippen molar-refractivity contribution in [3.05, 3.63) is 70.9 Å². The third kappa shape index (κ3) is 2.45. The first-order valence-corrected chi connectivity index (χ1v) is 8.56. The highest BCUT2D eigenvalue weighted by molar-refractivity contribution is 6.04. The molecular weight excluding hydrogens is 296 g/mol. The van der Waals surface area contributed by atoms with Crippen molar-refractivity contribution < 1.29 is 4.79 Å². The first kappa shape index (κ1) is 15.2. The average Bonchev–Trinajstić information content (AvgIpc) is 2.74. The van der Waals surface area contributed by atoms with E-state index in [0.29, 0.717) is 0 Å². The zero-order valence-electron chi connectivity index (χ0n) is 14.2. The van der Waals surface area contributed by atoms with Gasteiger partial charge in [0.15, 0.2) is 0 Å². The highest BCUT2D eigenvalue weighted by Crippen LogP contribution is 2.31. The molecule has 3 aromatic rings. The fourth-order valence-corrected chi connectivity index (χ4v) is 3.77. The molecular formula is C21H22N2O. The van der Waals surface area contributed by atoms with Crippen molar-refractivity contribution in [2.45, 2.75) is 26.3 Å². The lowest BCUT2D eigenvalue weighted by Gasteiger charge is -2.12. The topological polar surface area (TPSA) is 25.2 Å². The summed E-state index contributed by atoms with van der Waals surface area (Å²) in [5, 5.41) is 1.23. The highest BCUT2D eigenvalue weighted by Gasteiger charge is 2.24. The number of aromatic nitrogens is 1. The molecule has 0 fully saturated rings. The second kappa shape index (κ2) is 5.91. The van der Waals surface area contributed by atoms with Crippen molar-refractivity contribution >= 4 is 16.8 Å². The predicted molar refractivity (Wildman–Crippen MR) is 97.5 cm³/mol. The van der Waals surface area contributed by atoms with E-state index in [0.717, 1.165) is 37.0 Å². The fraction of sp³-hybridized carbons (Fsp3) is 0.286. The Labute approximate surface area is 142 Å². The van der Waals surface area contributed by atoms with E-state index in [4.69, 9.17) is 0 Å². The zero-order chi connectivity index (χ0) is 16.7. The number of carbonyl (C=O) groups excluding carboxylic acids is 1. The first-order valence-electron chi connectivity index (χ1n) is 8.56. The maximum Gasteiger partial charge on any atom is 0.262 e. The van der Waals surface area contributed by atoms with Crippen LogP contribution in [0.5, 0.6) is 0 Å². The molecule has 3 heteroatoms. The minimum atomic E-state index is 0.0789. The van der Waals surface area contributed by atoms with Gasteiger partial charge in [-0.1, -0.05) is 29.8 Å². The summed E-state index contributed by atoms with van der Waals surface area (Å²) in [6.07, 6.45) is 2.03. The predicted octanol–water partition coefficient (Wildman–Crippen LogP) is 4.02. The Morgan fingerprint density at radius 2 is 1.88 bits per heavy atom. The number of nitrogens with zero attached hydrogens (tertiary/aromatic N) is 2. The standard InChI is InChI=1S/C21H22N2O/c1-15-10-11-20-17(13-15)18-14-22(2)12-6-9-19(18)23(20)21(24)16-7-4-3-5-8-16/h3-5,7-8,10-11,13H,6,9,12,14H2,1-2H3. The van der Waals surface area contributed by atoms with Gasteiger partial charge in [-0.15, -0.1) is 0 Å². The number of carbonyl (C=O) groups is 1. The summed E-state index contributed by atoms with van der Waals surface area (Å²) in [5.41, 5.74) is 5.53. The molecule has 122 valence electrons. The Bertz CT molecular complexity index is 908. The second-order valence-electron chi connectivity index (χ2n) is 6.79. The molecule has 0 bridgehead atoms. The van der Waals surface area contributed by atoms with Gasteiger partial charge in [-0.25, -0.2) is 0 Å². The van der Waals surface area contributed by atoms with Crippen LogP contribution in [0.3, 0.4) is 0 Å². The summed E-state index contributed by atoms with van der Waals surface area (Å²) in [6.45, 7) is 4.09. The molecule has 0 saturated carbocycles. The van der Waals surface area contributed by atoms with Crippen LogP contribution in [0.2, 0.25) is 0 Å². The zero-order valence-corrected chi connectivity index (χ0v) is 14.2. The van der Waals surface area contributed by atoms with Crippen LogP contribution in [0.15, 0.2) is 48.5 Å². The minimum absolute atomic E-state index is 0.0789. The van der Waals surface area contributed by atoms with E-state index < -0.39 is 0 Å². The van der Waals surface area contributed by atoms with Crippen LogP contribution in [0.4, 0.5) is 0 Å². The van der Waals surface area contributed by atoms with Crippen LogP contribution in [-0.2, 0) is 13.0 Å². The molecule has 24 heavy (non-hydrogen) atoms. The highest BCUT2D eigenvalue weighted by atomic mass is 16.2. The molecule has 2 aromatic carbocycles. The van der Waals surface area contributed by atoms with E-state index in [2.05, 4.69) is 37.1 Å². The number of rotatable bonds is 1. The number of benzene rings is 2. The monoisotopic (exact) mass is 318 g/mol. The molecule has 0 spiro atoms. The van der Waals surface area contributed by atoms with Crippen LogP contribution >= 0.6 is 0 Å². The lowest BCUT2D eigenvalue weighted by atomic mass is 10.1. The van der Waals surface area contributed by atoms with Crippen LogP contribution in [-0.4, -0.2) is 29.0 Å². The Kier molecular flexibility index (Phi) is 3.73. The summed E-state index contributed by atoms with van der Waals surface area (Å²) < 4.78 is 1.96. The molecule has 4 rings (SSSR count). The molecule has 0 saturated heterocycles. The quantitative estimate of drug-likeness (QED) is 0.677. The number of hydrogen-bond donors (Lipinski definition) is 0. The van der Waals surface area contributed by atoms with E-state index in [1.165, 1.54) is 22.2 Å². The van der Waals surface area contributed by atoms with Gasteiger partial charge in [-0.3, -0.25) is 9.36 Å². The van der Waals surface area contributed by atoms with Crippen molar-refractivity contribution in [3.63, 3.8) is 0 Å². The molecule has 0 unspecified atom stereocenters. The Morgan fingerprint density at radius 3 is 2.67 bits per heavy atom. The molecule has 2 heterocycles. The van der Waals surface area contributed by atoms with Gasteiger partial charge in [0.2, 0.25) is 0 Å². The van der Waals surface area contributed by atoms with E-state index in [9.17, 15) is 4.79 Å². The minimum Gasteiger partial charge on any atom is -0.302 e. The number of fused-ring (bicyclic) bond motifs is 3. The van der Waals surface area contributed by atoms with E-state index >= 15 is 0 Å². The van der Waals surface area contributed by atoms with Gasteiger partial charge in [0, 0.05) is 23.2 Å². The summed E-state index contributed by atoms with van der Waals surface area (Å²) in [7, 11) is 2.16. The van der Waals surface area contributed by atoms with E-state index in [1.807, 2.05) is 34.9 Å². The van der Waals surface area contributed by atoms with Gasteiger partial charge in [0.05, 0.1) is 5.52 Å². The van der Waals surface area contributed by atoms with Crippen molar-refractivity contribution in [1.29, 1.82) is 0 Å². The summed E-state index contributed by atoms with van der Waals surface area (Å²) in [5.74, 6) is 0.0789. The Morgan fingerprint density at radius 1 is 1.08 bits per heavy atom. The van der Waals surface area contributed by atoms with Gasteiger partial charge in [-0.05, 0) is 63.2 Å². The van der Waals surface area contributed by atoms with E-state index in [1.54, 1.807) is 0 Å². The van der Waals surface area contributed by atoms with Crippen LogP contribution in [0.25, 0.3) is 10.9 Å². The summed E-state index contributed by atoms with van der Waals surface area (Å²) in [6, 6.07) is 16.0. The maximum atomic E-state index is 13.2. The largest absolute Gasteiger partial charge is 0.302 e. The van der Waals surface area contributed by atoms with Crippen LogP contribution < -0.4 is 0 Å². The molecule has 3 nitrogen and oxygen atoms in total. The van der Waals surface area contributed by atoms with Crippen LogP contribution in [0.1, 0.15) is 33.6 Å². The van der Waals surface area contributed by atoms with Gasteiger partial charge in [-0.2, -0.15) is 0 Å². The van der Waals surface area contributed by atoms with Crippen LogP contribution in [0, 0.1) is 6.92 Å². The average molecular weight is 318 g/mol. The molecule has 0 atom stereocenters. The Hall–Kier alpha value is -2.39. The van der Waals surface area contributed by atoms with E-state index in [-0.39, 0.29) is 5.91 Å². The number of aryl methyl sites for hydroxylation is 1. The Balaban J connectivity index is 1.98. The van der Waals surface area contributed by atoms with Crippen molar-refractivity contribution in [3.8, 4) is 0 Å². The lowest BCUT2D eigenvalue weighted by Crippen LogP contribution is -2.17. The first-order chi connectivity index (χ1) is 11.6. The third-order valence-electron chi connectivity index (χ3n) is 4.94. The number of hydrogen-bond acceptors (Lipinski definition) is 2. The fourth-order valence-electron chi connectivity index (χ4n) is 3.77. The van der Waals surface area contributed by atoms with Crippen molar-refractivity contribution in [2.24, 2.45) is 0 Å². The molecule has 1 aromatic heterocycles. The third-order valence-corrected chi connectivity index (χ3v) is 4.94. The van der Waals surface area contributed by atoms with Crippen molar-refractivity contribution in [2.75, 3.05) is 13.6 Å². The molecule has 0 N–H and O–H groups in total. The SMILES string of the molecule is Cc1ccc2c(c1)c1c(n2C(=O)c2ccccc2)CCCN(C)C1.